The number of carbonyl (C=O) groups excluding carboxylic acids is 1. The largest absolute Gasteiger partial charge is 0.296 e. The zero-order valence-electron chi connectivity index (χ0n) is 15.1. The molecule has 1 heterocycles. The molecule has 4 rings (SSSR count). The first-order chi connectivity index (χ1) is 13.3. The lowest BCUT2D eigenvalue weighted by atomic mass is 9.77. The molecule has 132 valence electrons. The molecule has 0 aliphatic rings. The summed E-state index contributed by atoms with van der Waals surface area (Å²) < 4.78 is 1.92. The highest BCUT2D eigenvalue weighted by molar-refractivity contribution is 5.74. The minimum atomic E-state index is -0.671. The highest BCUT2D eigenvalue weighted by Crippen LogP contribution is 2.40. The minimum Gasteiger partial charge on any atom is -0.296 e. The summed E-state index contributed by atoms with van der Waals surface area (Å²) in [6.45, 7) is 1.92. The van der Waals surface area contributed by atoms with Crippen molar-refractivity contribution in [3.05, 3.63) is 125 Å². The molecule has 3 aromatic carbocycles. The lowest BCUT2D eigenvalue weighted by molar-refractivity contribution is 0.111. The number of aldehydes is 1. The molecular weight excluding hydrogens is 332 g/mol. The molecule has 0 aliphatic heterocycles. The van der Waals surface area contributed by atoms with Crippen LogP contribution in [0.25, 0.3) is 0 Å². The van der Waals surface area contributed by atoms with E-state index in [2.05, 4.69) is 41.5 Å². The zero-order chi connectivity index (χ0) is 18.7. The number of carbonyl (C=O) groups is 1. The van der Waals surface area contributed by atoms with Crippen molar-refractivity contribution in [2.75, 3.05) is 0 Å². The van der Waals surface area contributed by atoms with E-state index in [-0.39, 0.29) is 0 Å². The molecule has 0 bridgehead atoms. The van der Waals surface area contributed by atoms with E-state index >= 15 is 0 Å². The second-order valence-corrected chi connectivity index (χ2v) is 6.57. The van der Waals surface area contributed by atoms with Gasteiger partial charge in [-0.05, 0) is 29.2 Å². The van der Waals surface area contributed by atoms with Crippen LogP contribution in [0.2, 0.25) is 0 Å². The van der Waals surface area contributed by atoms with Gasteiger partial charge in [0, 0.05) is 6.20 Å². The highest BCUT2D eigenvalue weighted by atomic mass is 16.1. The maximum absolute atomic E-state index is 11.5. The van der Waals surface area contributed by atoms with Crippen molar-refractivity contribution in [1.82, 2.24) is 9.78 Å². The van der Waals surface area contributed by atoms with Crippen LogP contribution >= 0.6 is 0 Å². The molecule has 0 fully saturated rings. The Hall–Kier alpha value is -3.46. The van der Waals surface area contributed by atoms with Gasteiger partial charge < -0.3 is 0 Å². The van der Waals surface area contributed by atoms with Crippen molar-refractivity contribution in [2.24, 2.45) is 0 Å². The first kappa shape index (κ1) is 17.0. The van der Waals surface area contributed by atoms with Crippen molar-refractivity contribution >= 4 is 6.29 Å². The van der Waals surface area contributed by atoms with Gasteiger partial charge in [0.15, 0.2) is 6.29 Å². The number of benzene rings is 3. The Morgan fingerprint density at radius 2 is 1.15 bits per heavy atom. The number of hydrogen-bond acceptors (Lipinski definition) is 2. The number of nitrogens with zero attached hydrogens (tertiary/aromatic N) is 2. The fourth-order valence-corrected chi connectivity index (χ4v) is 3.70. The molecule has 0 amide bonds. The third-order valence-corrected chi connectivity index (χ3v) is 4.97. The molecule has 0 spiro atoms. The van der Waals surface area contributed by atoms with Gasteiger partial charge in [0.2, 0.25) is 0 Å². The van der Waals surface area contributed by atoms with E-state index in [1.165, 1.54) is 0 Å². The summed E-state index contributed by atoms with van der Waals surface area (Å²) in [5, 5.41) is 4.68. The summed E-state index contributed by atoms with van der Waals surface area (Å²) in [5.41, 5.74) is 3.90. The van der Waals surface area contributed by atoms with E-state index in [1.54, 1.807) is 0 Å². The van der Waals surface area contributed by atoms with E-state index in [0.29, 0.717) is 5.69 Å². The fourth-order valence-electron chi connectivity index (χ4n) is 3.70. The Labute approximate surface area is 158 Å². The maximum atomic E-state index is 11.5. The molecule has 0 N–H and O–H groups in total. The van der Waals surface area contributed by atoms with Crippen LogP contribution < -0.4 is 0 Å². The van der Waals surface area contributed by atoms with Crippen LogP contribution in [0.1, 0.15) is 32.7 Å². The molecule has 0 radical (unpaired) electrons. The summed E-state index contributed by atoms with van der Waals surface area (Å²) in [6, 6.07) is 30.9. The van der Waals surface area contributed by atoms with Gasteiger partial charge in [0.25, 0.3) is 0 Å². The van der Waals surface area contributed by atoms with Gasteiger partial charge in [-0.1, -0.05) is 91.0 Å². The van der Waals surface area contributed by atoms with E-state index in [1.807, 2.05) is 72.4 Å². The average Bonchev–Trinajstić information content (AvgIpc) is 3.12. The van der Waals surface area contributed by atoms with Crippen LogP contribution in [-0.4, -0.2) is 16.1 Å². The van der Waals surface area contributed by atoms with Crippen LogP contribution in [0.4, 0.5) is 0 Å². The molecule has 1 aromatic heterocycles. The molecule has 27 heavy (non-hydrogen) atoms. The van der Waals surface area contributed by atoms with Crippen LogP contribution in [0, 0.1) is 6.92 Å². The molecule has 0 unspecified atom stereocenters. The van der Waals surface area contributed by atoms with Crippen molar-refractivity contribution in [2.45, 2.75) is 12.5 Å². The second kappa shape index (κ2) is 7.04. The monoisotopic (exact) mass is 352 g/mol. The second-order valence-electron chi connectivity index (χ2n) is 6.57. The smallest absolute Gasteiger partial charge is 0.170 e. The van der Waals surface area contributed by atoms with Crippen molar-refractivity contribution < 1.29 is 4.79 Å². The Bertz CT molecular complexity index is 941. The Kier molecular flexibility index (Phi) is 4.43. The van der Waals surface area contributed by atoms with Crippen LogP contribution in [-0.2, 0) is 5.54 Å². The Balaban J connectivity index is 2.14. The first-order valence-electron chi connectivity index (χ1n) is 8.95. The lowest BCUT2D eigenvalue weighted by Crippen LogP contribution is -2.38. The number of hydrogen-bond donors (Lipinski definition) is 0. The molecular formula is C24H20N2O. The number of rotatable bonds is 5. The quantitative estimate of drug-likeness (QED) is 0.380. The van der Waals surface area contributed by atoms with Crippen LogP contribution in [0.3, 0.4) is 0 Å². The van der Waals surface area contributed by atoms with E-state index in [9.17, 15) is 4.79 Å². The van der Waals surface area contributed by atoms with Gasteiger partial charge in [0.1, 0.15) is 11.2 Å². The molecule has 3 heteroatoms. The third kappa shape index (κ3) is 2.77. The molecule has 0 saturated carbocycles. The first-order valence-corrected chi connectivity index (χ1v) is 8.95. The van der Waals surface area contributed by atoms with Crippen LogP contribution in [0.5, 0.6) is 0 Å². The van der Waals surface area contributed by atoms with Gasteiger partial charge in [-0.25, -0.2) is 0 Å². The fraction of sp³-hybridized carbons (Fsp3) is 0.0833. The SMILES string of the molecule is Cc1cn(C(c2ccccc2)(c2ccccc2)c2ccccc2)nc1C=O. The van der Waals surface area contributed by atoms with Crippen molar-refractivity contribution in [3.8, 4) is 0 Å². The Morgan fingerprint density at radius 1 is 0.741 bits per heavy atom. The van der Waals surface area contributed by atoms with Gasteiger partial charge in [-0.3, -0.25) is 9.48 Å². The molecule has 0 aliphatic carbocycles. The topological polar surface area (TPSA) is 34.9 Å². The zero-order valence-corrected chi connectivity index (χ0v) is 15.1. The van der Waals surface area contributed by atoms with E-state index in [0.717, 1.165) is 28.5 Å². The normalized spacial score (nSPS) is 11.3. The lowest BCUT2D eigenvalue weighted by Gasteiger charge is -2.36. The summed E-state index contributed by atoms with van der Waals surface area (Å²) in [4.78, 5) is 11.5. The standard InChI is InChI=1S/C24H20N2O/c1-19-17-26(25-23(19)18-27)24(20-11-5-2-6-12-20,21-13-7-3-8-14-21)22-15-9-4-10-16-22/h2-18H,1H3. The number of aromatic nitrogens is 2. The van der Waals surface area contributed by atoms with E-state index in [4.69, 9.17) is 0 Å². The predicted octanol–water partition coefficient (Wildman–Crippen LogP) is 4.84. The maximum Gasteiger partial charge on any atom is 0.170 e. The van der Waals surface area contributed by atoms with E-state index < -0.39 is 5.54 Å². The predicted molar refractivity (Wildman–Crippen MR) is 107 cm³/mol. The molecule has 0 saturated heterocycles. The van der Waals surface area contributed by atoms with Gasteiger partial charge in [-0.15, -0.1) is 0 Å². The summed E-state index contributed by atoms with van der Waals surface area (Å²) in [5.74, 6) is 0. The van der Waals surface area contributed by atoms with Gasteiger partial charge in [0.05, 0.1) is 0 Å². The minimum absolute atomic E-state index is 0.460. The van der Waals surface area contributed by atoms with Gasteiger partial charge >= 0.3 is 0 Å². The molecule has 4 aromatic rings. The average molecular weight is 352 g/mol. The summed E-state index contributed by atoms with van der Waals surface area (Å²) >= 11 is 0. The third-order valence-electron chi connectivity index (χ3n) is 4.97. The summed E-state index contributed by atoms with van der Waals surface area (Å²) in [6.07, 6.45) is 2.77. The van der Waals surface area contributed by atoms with Crippen molar-refractivity contribution in [1.29, 1.82) is 0 Å². The summed E-state index contributed by atoms with van der Waals surface area (Å²) in [7, 11) is 0. The Morgan fingerprint density at radius 3 is 1.48 bits per heavy atom. The molecule has 0 atom stereocenters. The highest BCUT2D eigenvalue weighted by Gasteiger charge is 2.39. The molecule has 3 nitrogen and oxygen atoms in total. The van der Waals surface area contributed by atoms with Crippen molar-refractivity contribution in [3.63, 3.8) is 0 Å². The van der Waals surface area contributed by atoms with Crippen LogP contribution in [0.15, 0.2) is 97.2 Å². The van der Waals surface area contributed by atoms with Gasteiger partial charge in [-0.2, -0.15) is 5.10 Å². The number of aryl methyl sites for hydroxylation is 1.